The molecule has 1 aromatic rings. The van der Waals surface area contributed by atoms with Crippen molar-refractivity contribution >= 4 is 11.7 Å². The zero-order chi connectivity index (χ0) is 15.1. The monoisotopic (exact) mass is 292 g/mol. The summed E-state index contributed by atoms with van der Waals surface area (Å²) >= 11 is 0. The van der Waals surface area contributed by atoms with Crippen molar-refractivity contribution in [1.29, 1.82) is 0 Å². The molecule has 0 heterocycles. The maximum Gasteiger partial charge on any atom is 0.319 e. The van der Waals surface area contributed by atoms with Crippen LogP contribution in [0.1, 0.15) is 38.5 Å². The minimum absolute atomic E-state index is 0.176. The molecule has 0 radical (unpaired) electrons. The summed E-state index contributed by atoms with van der Waals surface area (Å²) in [6.07, 6.45) is 7.05. The van der Waals surface area contributed by atoms with E-state index < -0.39 is 0 Å². The Morgan fingerprint density at radius 2 is 1.81 bits per heavy atom. The summed E-state index contributed by atoms with van der Waals surface area (Å²) in [4.78, 5) is 12.1. The molecule has 0 aromatic heterocycles. The predicted octanol–water partition coefficient (Wildman–Crippen LogP) is 3.55. The fourth-order valence-electron chi connectivity index (χ4n) is 2.67. The van der Waals surface area contributed by atoms with Gasteiger partial charge in [0.15, 0.2) is 0 Å². The number of benzene rings is 1. The third-order valence-corrected chi connectivity index (χ3v) is 3.85. The van der Waals surface area contributed by atoms with E-state index in [-0.39, 0.29) is 12.1 Å². The molecule has 5 nitrogen and oxygen atoms in total. The molecular weight excluding hydrogens is 268 g/mol. The fraction of sp³-hybridized carbons (Fsp3) is 0.562. The van der Waals surface area contributed by atoms with Gasteiger partial charge in [0.05, 0.1) is 19.9 Å². The van der Waals surface area contributed by atoms with Gasteiger partial charge in [0.25, 0.3) is 0 Å². The number of urea groups is 1. The van der Waals surface area contributed by atoms with Gasteiger partial charge in [-0.25, -0.2) is 4.79 Å². The smallest absolute Gasteiger partial charge is 0.319 e. The number of methoxy groups -OCH3 is 2. The highest BCUT2D eigenvalue weighted by atomic mass is 16.5. The van der Waals surface area contributed by atoms with E-state index in [1.54, 1.807) is 32.4 Å². The SMILES string of the molecule is COc1ccc(NC(=O)NC2CCCCCC2)c(OC)c1. The molecule has 0 saturated heterocycles. The normalized spacial score (nSPS) is 15.9. The first-order valence-corrected chi connectivity index (χ1v) is 7.52. The molecule has 2 amide bonds. The molecule has 1 saturated carbocycles. The van der Waals surface area contributed by atoms with E-state index in [4.69, 9.17) is 9.47 Å². The van der Waals surface area contributed by atoms with Gasteiger partial charge in [-0.3, -0.25) is 0 Å². The average molecular weight is 292 g/mol. The number of anilines is 1. The third kappa shape index (κ3) is 4.55. The lowest BCUT2D eigenvalue weighted by atomic mass is 10.1. The number of carbonyl (C=O) groups is 1. The maximum atomic E-state index is 12.1. The molecular formula is C16H24N2O3. The molecule has 1 aromatic carbocycles. The Morgan fingerprint density at radius 3 is 2.43 bits per heavy atom. The van der Waals surface area contributed by atoms with Gasteiger partial charge in [-0.15, -0.1) is 0 Å². The highest BCUT2D eigenvalue weighted by Gasteiger charge is 2.15. The van der Waals surface area contributed by atoms with Crippen molar-refractivity contribution in [3.8, 4) is 11.5 Å². The lowest BCUT2D eigenvalue weighted by Crippen LogP contribution is -2.37. The van der Waals surface area contributed by atoms with Gasteiger partial charge < -0.3 is 20.1 Å². The summed E-state index contributed by atoms with van der Waals surface area (Å²) in [5.41, 5.74) is 0.643. The summed E-state index contributed by atoms with van der Waals surface area (Å²) in [5, 5.41) is 5.90. The highest BCUT2D eigenvalue weighted by molar-refractivity contribution is 5.91. The predicted molar refractivity (Wildman–Crippen MR) is 83.2 cm³/mol. The summed E-state index contributed by atoms with van der Waals surface area (Å²) in [6.45, 7) is 0. The molecule has 1 aliphatic rings. The number of carbonyl (C=O) groups excluding carboxylic acids is 1. The van der Waals surface area contributed by atoms with Gasteiger partial charge in [0.1, 0.15) is 11.5 Å². The van der Waals surface area contributed by atoms with Gasteiger partial charge in [-0.1, -0.05) is 25.7 Å². The van der Waals surface area contributed by atoms with E-state index in [0.717, 1.165) is 12.8 Å². The van der Waals surface area contributed by atoms with Gasteiger partial charge in [0, 0.05) is 12.1 Å². The largest absolute Gasteiger partial charge is 0.497 e. The lowest BCUT2D eigenvalue weighted by molar-refractivity contribution is 0.247. The standard InChI is InChI=1S/C16H24N2O3/c1-20-13-9-10-14(15(11-13)21-2)18-16(19)17-12-7-5-3-4-6-8-12/h9-12H,3-8H2,1-2H3,(H2,17,18,19). The zero-order valence-corrected chi connectivity index (χ0v) is 12.8. The highest BCUT2D eigenvalue weighted by Crippen LogP contribution is 2.29. The van der Waals surface area contributed by atoms with Crippen molar-refractivity contribution in [2.75, 3.05) is 19.5 Å². The van der Waals surface area contributed by atoms with Crippen LogP contribution >= 0.6 is 0 Å². The quantitative estimate of drug-likeness (QED) is 0.834. The van der Waals surface area contributed by atoms with Crippen LogP contribution in [0.15, 0.2) is 18.2 Å². The number of rotatable bonds is 4. The summed E-state index contributed by atoms with van der Waals surface area (Å²) in [6, 6.07) is 5.43. The van der Waals surface area contributed by atoms with Crippen LogP contribution in [-0.2, 0) is 0 Å². The van der Waals surface area contributed by atoms with Gasteiger partial charge in [-0.05, 0) is 25.0 Å². The zero-order valence-electron chi connectivity index (χ0n) is 12.8. The van der Waals surface area contributed by atoms with Crippen molar-refractivity contribution in [1.82, 2.24) is 5.32 Å². The summed E-state index contributed by atoms with van der Waals surface area (Å²) in [7, 11) is 3.17. The van der Waals surface area contributed by atoms with E-state index in [9.17, 15) is 4.79 Å². The van der Waals surface area contributed by atoms with E-state index in [1.165, 1.54) is 25.7 Å². The van der Waals surface area contributed by atoms with Crippen molar-refractivity contribution in [3.05, 3.63) is 18.2 Å². The van der Waals surface area contributed by atoms with Crippen LogP contribution in [-0.4, -0.2) is 26.3 Å². The fourth-order valence-corrected chi connectivity index (χ4v) is 2.67. The van der Waals surface area contributed by atoms with Crippen LogP contribution in [0.4, 0.5) is 10.5 Å². The second kappa shape index (κ2) is 7.76. The molecule has 0 atom stereocenters. The number of nitrogens with one attached hydrogen (secondary N) is 2. The van der Waals surface area contributed by atoms with Crippen LogP contribution < -0.4 is 20.1 Å². The van der Waals surface area contributed by atoms with E-state index >= 15 is 0 Å². The molecule has 5 heteroatoms. The first kappa shape index (κ1) is 15.5. The lowest BCUT2D eigenvalue weighted by Gasteiger charge is -2.18. The number of hydrogen-bond acceptors (Lipinski definition) is 3. The minimum Gasteiger partial charge on any atom is -0.497 e. The molecule has 1 aliphatic carbocycles. The second-order valence-corrected chi connectivity index (χ2v) is 5.35. The molecule has 1 fully saturated rings. The Balaban J connectivity index is 1.95. The summed E-state index contributed by atoms with van der Waals surface area (Å²) in [5.74, 6) is 1.28. The van der Waals surface area contributed by atoms with Crippen LogP contribution in [0.25, 0.3) is 0 Å². The van der Waals surface area contributed by atoms with Crippen LogP contribution in [0.5, 0.6) is 11.5 Å². The van der Waals surface area contributed by atoms with Crippen molar-refractivity contribution in [2.45, 2.75) is 44.6 Å². The average Bonchev–Trinajstić information content (AvgIpc) is 2.76. The van der Waals surface area contributed by atoms with Crippen LogP contribution in [0, 0.1) is 0 Å². The van der Waals surface area contributed by atoms with Gasteiger partial charge >= 0.3 is 6.03 Å². The number of amides is 2. The Bertz CT molecular complexity index is 469. The number of ether oxygens (including phenoxy) is 2. The van der Waals surface area contributed by atoms with Crippen molar-refractivity contribution in [2.24, 2.45) is 0 Å². The molecule has 21 heavy (non-hydrogen) atoms. The molecule has 0 aliphatic heterocycles. The Labute approximate surface area is 126 Å². The van der Waals surface area contributed by atoms with Crippen molar-refractivity contribution < 1.29 is 14.3 Å². The molecule has 2 rings (SSSR count). The van der Waals surface area contributed by atoms with E-state index in [1.807, 2.05) is 0 Å². The molecule has 0 spiro atoms. The second-order valence-electron chi connectivity index (χ2n) is 5.35. The molecule has 0 unspecified atom stereocenters. The molecule has 2 N–H and O–H groups in total. The van der Waals surface area contributed by atoms with Crippen molar-refractivity contribution in [3.63, 3.8) is 0 Å². The van der Waals surface area contributed by atoms with E-state index in [2.05, 4.69) is 10.6 Å². The maximum absolute atomic E-state index is 12.1. The molecule has 0 bridgehead atoms. The van der Waals surface area contributed by atoms with Crippen LogP contribution in [0.3, 0.4) is 0 Å². The summed E-state index contributed by atoms with van der Waals surface area (Å²) < 4.78 is 10.4. The first-order valence-electron chi connectivity index (χ1n) is 7.52. The number of hydrogen-bond donors (Lipinski definition) is 2. The Kier molecular flexibility index (Phi) is 5.72. The first-order chi connectivity index (χ1) is 10.2. The topological polar surface area (TPSA) is 59.6 Å². The Morgan fingerprint density at radius 1 is 1.10 bits per heavy atom. The Hall–Kier alpha value is -1.91. The third-order valence-electron chi connectivity index (χ3n) is 3.85. The van der Waals surface area contributed by atoms with Gasteiger partial charge in [0.2, 0.25) is 0 Å². The van der Waals surface area contributed by atoms with E-state index in [0.29, 0.717) is 17.2 Å². The van der Waals surface area contributed by atoms with Gasteiger partial charge in [-0.2, -0.15) is 0 Å². The molecule has 116 valence electrons. The van der Waals surface area contributed by atoms with Crippen LogP contribution in [0.2, 0.25) is 0 Å². The minimum atomic E-state index is -0.176.